The molecule has 1 saturated heterocycles. The SMILES string of the molecule is COC(=O)c1ccc(CN2C(=O)S/C(=C/c3ccc(O)c(Br)c3)C2=O)o1. The molecule has 0 aliphatic carbocycles. The second-order valence-electron chi connectivity index (χ2n) is 5.24. The first kappa shape index (κ1) is 18.3. The zero-order chi connectivity index (χ0) is 18.8. The summed E-state index contributed by atoms with van der Waals surface area (Å²) in [5.74, 6) is -0.724. The van der Waals surface area contributed by atoms with E-state index in [4.69, 9.17) is 4.42 Å². The highest BCUT2D eigenvalue weighted by Gasteiger charge is 2.35. The number of esters is 1. The van der Waals surface area contributed by atoms with Gasteiger partial charge in [-0.3, -0.25) is 14.5 Å². The Bertz CT molecular complexity index is 935. The minimum Gasteiger partial charge on any atom is -0.507 e. The fourth-order valence-corrected chi connectivity index (χ4v) is 3.46. The van der Waals surface area contributed by atoms with Gasteiger partial charge in [-0.05, 0) is 63.6 Å². The van der Waals surface area contributed by atoms with Crippen LogP contribution in [-0.2, 0) is 16.1 Å². The van der Waals surface area contributed by atoms with Crippen LogP contribution in [0.1, 0.15) is 21.9 Å². The average molecular weight is 438 g/mol. The normalized spacial score (nSPS) is 15.8. The average Bonchev–Trinajstić information content (AvgIpc) is 3.18. The van der Waals surface area contributed by atoms with E-state index < -0.39 is 17.1 Å². The van der Waals surface area contributed by atoms with Crippen LogP contribution in [0.5, 0.6) is 5.75 Å². The fourth-order valence-electron chi connectivity index (χ4n) is 2.23. The van der Waals surface area contributed by atoms with E-state index in [0.717, 1.165) is 16.7 Å². The molecule has 1 aliphatic rings. The van der Waals surface area contributed by atoms with Crippen LogP contribution in [0, 0.1) is 0 Å². The molecule has 0 spiro atoms. The number of hydrogen-bond acceptors (Lipinski definition) is 7. The van der Waals surface area contributed by atoms with Crippen LogP contribution in [-0.4, -0.2) is 34.2 Å². The van der Waals surface area contributed by atoms with E-state index in [1.807, 2.05) is 0 Å². The summed E-state index contributed by atoms with van der Waals surface area (Å²) in [6.45, 7) is -0.0850. The summed E-state index contributed by atoms with van der Waals surface area (Å²) in [4.78, 5) is 37.3. The van der Waals surface area contributed by atoms with E-state index in [9.17, 15) is 19.5 Å². The quantitative estimate of drug-likeness (QED) is 0.573. The fraction of sp³-hybridized carbons (Fsp3) is 0.118. The maximum absolute atomic E-state index is 12.5. The van der Waals surface area contributed by atoms with E-state index in [1.54, 1.807) is 18.2 Å². The van der Waals surface area contributed by atoms with Crippen LogP contribution >= 0.6 is 27.7 Å². The van der Waals surface area contributed by atoms with Crippen molar-refractivity contribution in [3.8, 4) is 5.75 Å². The molecule has 1 fully saturated rings. The summed E-state index contributed by atoms with van der Waals surface area (Å²) < 4.78 is 10.3. The van der Waals surface area contributed by atoms with Crippen LogP contribution in [0.3, 0.4) is 0 Å². The number of phenolic OH excluding ortho intramolecular Hbond substituents is 1. The lowest BCUT2D eigenvalue weighted by Gasteiger charge is -2.09. The van der Waals surface area contributed by atoms with Gasteiger partial charge in [0.1, 0.15) is 11.5 Å². The summed E-state index contributed by atoms with van der Waals surface area (Å²) in [6, 6.07) is 7.68. The number of amides is 2. The number of furan rings is 1. The van der Waals surface area contributed by atoms with Gasteiger partial charge in [-0.2, -0.15) is 0 Å². The lowest BCUT2D eigenvalue weighted by atomic mass is 10.2. The molecule has 2 heterocycles. The number of imide groups is 1. The number of carbonyl (C=O) groups is 3. The molecule has 1 N–H and O–H groups in total. The monoisotopic (exact) mass is 437 g/mol. The standard InChI is InChI=1S/C17H12BrNO6S/c1-24-16(22)13-5-3-10(25-13)8-19-15(21)14(26-17(19)23)7-9-2-4-12(20)11(18)6-9/h2-7,20H,8H2,1H3/b14-7+. The summed E-state index contributed by atoms with van der Waals surface area (Å²) in [6.07, 6.45) is 1.57. The Morgan fingerprint density at radius 1 is 1.35 bits per heavy atom. The van der Waals surface area contributed by atoms with Crippen LogP contribution in [0.2, 0.25) is 0 Å². The Labute approximate surface area is 160 Å². The highest BCUT2D eigenvalue weighted by molar-refractivity contribution is 9.10. The van der Waals surface area contributed by atoms with Crippen LogP contribution in [0.4, 0.5) is 4.79 Å². The maximum Gasteiger partial charge on any atom is 0.373 e. The predicted molar refractivity (Wildman–Crippen MR) is 97.4 cm³/mol. The topological polar surface area (TPSA) is 97.0 Å². The third-order valence-electron chi connectivity index (χ3n) is 3.51. The van der Waals surface area contributed by atoms with Crippen molar-refractivity contribution in [3.05, 3.63) is 56.8 Å². The molecule has 0 saturated carbocycles. The number of aromatic hydroxyl groups is 1. The first-order valence-electron chi connectivity index (χ1n) is 7.30. The number of rotatable bonds is 4. The lowest BCUT2D eigenvalue weighted by molar-refractivity contribution is -0.123. The molecule has 1 aromatic heterocycles. The Hall–Kier alpha value is -2.52. The molecular weight excluding hydrogens is 426 g/mol. The summed E-state index contributed by atoms with van der Waals surface area (Å²) >= 11 is 4.01. The van der Waals surface area contributed by atoms with Crippen molar-refractivity contribution >= 4 is 50.9 Å². The van der Waals surface area contributed by atoms with Gasteiger partial charge in [0.25, 0.3) is 11.1 Å². The Kier molecular flexibility index (Phi) is 5.19. The highest BCUT2D eigenvalue weighted by Crippen LogP contribution is 2.34. The molecule has 1 aromatic carbocycles. The molecular formula is C17H12BrNO6S. The zero-order valence-electron chi connectivity index (χ0n) is 13.4. The number of hydrogen-bond donors (Lipinski definition) is 1. The third kappa shape index (κ3) is 3.68. The molecule has 2 amide bonds. The van der Waals surface area contributed by atoms with Crippen molar-refractivity contribution in [1.29, 1.82) is 0 Å². The first-order valence-corrected chi connectivity index (χ1v) is 8.91. The first-order chi connectivity index (χ1) is 12.4. The van der Waals surface area contributed by atoms with E-state index in [2.05, 4.69) is 20.7 Å². The largest absolute Gasteiger partial charge is 0.507 e. The minimum absolute atomic E-state index is 0.000966. The van der Waals surface area contributed by atoms with Crippen LogP contribution in [0.15, 0.2) is 44.1 Å². The Balaban J connectivity index is 1.78. The second-order valence-corrected chi connectivity index (χ2v) is 7.08. The predicted octanol–water partition coefficient (Wildman–Crippen LogP) is 3.77. The van der Waals surface area contributed by atoms with Crippen molar-refractivity contribution in [2.45, 2.75) is 6.54 Å². The summed E-state index contributed by atoms with van der Waals surface area (Å²) in [5, 5.41) is 9.08. The molecule has 0 atom stereocenters. The van der Waals surface area contributed by atoms with Gasteiger partial charge in [-0.25, -0.2) is 4.79 Å². The Morgan fingerprint density at radius 3 is 2.81 bits per heavy atom. The van der Waals surface area contributed by atoms with Gasteiger partial charge in [0.2, 0.25) is 5.76 Å². The second kappa shape index (κ2) is 7.38. The maximum atomic E-state index is 12.5. The third-order valence-corrected chi connectivity index (χ3v) is 5.05. The van der Waals surface area contributed by atoms with Crippen molar-refractivity contribution in [2.24, 2.45) is 0 Å². The molecule has 9 heteroatoms. The number of phenols is 1. The van der Waals surface area contributed by atoms with Crippen LogP contribution < -0.4 is 0 Å². The van der Waals surface area contributed by atoms with Gasteiger partial charge < -0.3 is 14.3 Å². The number of methoxy groups -OCH3 is 1. The van der Waals surface area contributed by atoms with E-state index >= 15 is 0 Å². The molecule has 26 heavy (non-hydrogen) atoms. The molecule has 7 nitrogen and oxygen atoms in total. The lowest BCUT2D eigenvalue weighted by Crippen LogP contribution is -2.27. The molecule has 0 bridgehead atoms. The highest BCUT2D eigenvalue weighted by atomic mass is 79.9. The minimum atomic E-state index is -0.636. The van der Waals surface area contributed by atoms with E-state index in [0.29, 0.717) is 15.8 Å². The molecule has 0 unspecified atom stereocenters. The molecule has 0 radical (unpaired) electrons. The number of ether oxygens (including phenoxy) is 1. The van der Waals surface area contributed by atoms with Gasteiger partial charge in [-0.1, -0.05) is 6.07 Å². The molecule has 134 valence electrons. The van der Waals surface area contributed by atoms with Gasteiger partial charge in [0.15, 0.2) is 0 Å². The number of carbonyl (C=O) groups excluding carboxylic acids is 3. The Morgan fingerprint density at radius 2 is 2.12 bits per heavy atom. The number of thioether (sulfide) groups is 1. The smallest absolute Gasteiger partial charge is 0.373 e. The van der Waals surface area contributed by atoms with Crippen LogP contribution in [0.25, 0.3) is 6.08 Å². The zero-order valence-corrected chi connectivity index (χ0v) is 15.8. The van der Waals surface area contributed by atoms with Gasteiger partial charge in [-0.15, -0.1) is 0 Å². The van der Waals surface area contributed by atoms with E-state index in [1.165, 1.54) is 25.3 Å². The van der Waals surface area contributed by atoms with E-state index in [-0.39, 0.29) is 23.0 Å². The van der Waals surface area contributed by atoms with Crippen molar-refractivity contribution < 1.29 is 28.6 Å². The van der Waals surface area contributed by atoms with Gasteiger partial charge in [0, 0.05) is 0 Å². The number of nitrogens with zero attached hydrogens (tertiary/aromatic N) is 1. The molecule has 2 aromatic rings. The van der Waals surface area contributed by atoms with Crippen molar-refractivity contribution in [3.63, 3.8) is 0 Å². The van der Waals surface area contributed by atoms with Crippen molar-refractivity contribution in [1.82, 2.24) is 4.90 Å². The molecule has 3 rings (SSSR count). The summed E-state index contributed by atoms with van der Waals surface area (Å²) in [7, 11) is 1.23. The van der Waals surface area contributed by atoms with Crippen molar-refractivity contribution in [2.75, 3.05) is 7.11 Å². The molecule has 1 aliphatic heterocycles. The number of halogens is 1. The van der Waals surface area contributed by atoms with Gasteiger partial charge in [0.05, 0.1) is 23.0 Å². The summed E-state index contributed by atoms with van der Waals surface area (Å²) in [5.41, 5.74) is 0.658. The number of benzene rings is 1. The van der Waals surface area contributed by atoms with Gasteiger partial charge >= 0.3 is 5.97 Å².